The van der Waals surface area contributed by atoms with Crippen LogP contribution in [0, 0.1) is 5.82 Å². The molecule has 3 aromatic rings. The summed E-state index contributed by atoms with van der Waals surface area (Å²) < 4.78 is 82.8. The maximum absolute atomic E-state index is 15.0. The summed E-state index contributed by atoms with van der Waals surface area (Å²) in [5, 5.41) is 7.44. The Morgan fingerprint density at radius 1 is 1.21 bits per heavy atom. The number of nitrogens with two attached hydrogens (primary N) is 1. The molecule has 1 aliphatic rings. The van der Waals surface area contributed by atoms with Gasteiger partial charge in [-0.3, -0.25) is 4.99 Å². The molecule has 0 unspecified atom stereocenters. The van der Waals surface area contributed by atoms with Crippen molar-refractivity contribution in [3.63, 3.8) is 0 Å². The Bertz CT molecular complexity index is 1340. The molecule has 0 bridgehead atoms. The van der Waals surface area contributed by atoms with Crippen LogP contribution in [0.1, 0.15) is 25.1 Å². The molecular formula is C20H18F4N4O3S2. The molecule has 2 N–H and O–H groups in total. The van der Waals surface area contributed by atoms with Crippen molar-refractivity contribution in [1.29, 1.82) is 0 Å². The Morgan fingerprint density at radius 2 is 1.91 bits per heavy atom. The third-order valence-corrected chi connectivity index (χ3v) is 9.62. The maximum atomic E-state index is 15.0. The molecule has 0 aliphatic carbocycles. The summed E-state index contributed by atoms with van der Waals surface area (Å²) in [6.45, 7) is 2.24. The van der Waals surface area contributed by atoms with Gasteiger partial charge in [-0.25, -0.2) is 12.8 Å². The van der Waals surface area contributed by atoms with Crippen LogP contribution in [0.3, 0.4) is 0 Å². The maximum Gasteiger partial charge on any atom is 0.391 e. The quantitative estimate of drug-likeness (QED) is 0.532. The highest BCUT2D eigenvalue weighted by Crippen LogP contribution is 2.45. The van der Waals surface area contributed by atoms with Crippen molar-refractivity contribution < 1.29 is 30.4 Å². The number of alkyl halides is 3. The van der Waals surface area contributed by atoms with Gasteiger partial charge in [0.05, 0.1) is 17.1 Å². The first kappa shape index (κ1) is 23.4. The molecule has 13 heteroatoms. The second kappa shape index (κ2) is 7.62. The van der Waals surface area contributed by atoms with E-state index in [9.17, 15) is 21.6 Å². The fourth-order valence-electron chi connectivity index (χ4n) is 3.79. The second-order valence-electron chi connectivity index (χ2n) is 8.17. The molecule has 7 nitrogen and oxygen atoms in total. The zero-order chi connectivity index (χ0) is 24.2. The zero-order valence-corrected chi connectivity index (χ0v) is 19.0. The number of amidine groups is 1. The summed E-state index contributed by atoms with van der Waals surface area (Å²) >= 11 is 0.949. The van der Waals surface area contributed by atoms with E-state index in [0.717, 1.165) is 18.3 Å². The van der Waals surface area contributed by atoms with Crippen molar-refractivity contribution in [3.8, 4) is 21.9 Å². The number of thiophene rings is 1. The van der Waals surface area contributed by atoms with Gasteiger partial charge in [0.15, 0.2) is 9.84 Å². The average molecular weight is 503 g/mol. The van der Waals surface area contributed by atoms with Gasteiger partial charge in [0.1, 0.15) is 21.9 Å². The van der Waals surface area contributed by atoms with Gasteiger partial charge in [-0.15, -0.1) is 21.5 Å². The number of rotatable bonds is 4. The van der Waals surface area contributed by atoms with Gasteiger partial charge in [-0.2, -0.15) is 13.2 Å². The summed E-state index contributed by atoms with van der Waals surface area (Å²) in [5.74, 6) is -1.97. The Kier molecular flexibility index (Phi) is 5.39. The van der Waals surface area contributed by atoms with Crippen LogP contribution in [0.15, 0.2) is 46.1 Å². The molecule has 176 valence electrons. The van der Waals surface area contributed by atoms with E-state index in [0.29, 0.717) is 16.0 Å². The fraction of sp³-hybridized carbons (Fsp3) is 0.350. The van der Waals surface area contributed by atoms with E-state index in [-0.39, 0.29) is 10.8 Å². The number of hydrogen-bond acceptors (Lipinski definition) is 8. The topological polar surface area (TPSA) is 111 Å². The first-order chi connectivity index (χ1) is 15.2. The highest BCUT2D eigenvalue weighted by Gasteiger charge is 2.56. The summed E-state index contributed by atoms with van der Waals surface area (Å²) in [5.41, 5.74) is 5.30. The minimum atomic E-state index is -4.78. The molecule has 0 amide bonds. The van der Waals surface area contributed by atoms with Gasteiger partial charge < -0.3 is 10.2 Å². The van der Waals surface area contributed by atoms with Crippen LogP contribution >= 0.6 is 11.3 Å². The molecule has 0 fully saturated rings. The first-order valence-corrected chi connectivity index (χ1v) is 12.0. The molecule has 3 heterocycles. The second-order valence-corrected chi connectivity index (χ2v) is 11.6. The lowest BCUT2D eigenvalue weighted by Gasteiger charge is -2.39. The minimum Gasteiger partial charge on any atom is -0.423 e. The van der Waals surface area contributed by atoms with Gasteiger partial charge in [0.2, 0.25) is 12.3 Å². The monoisotopic (exact) mass is 502 g/mol. The van der Waals surface area contributed by atoms with E-state index in [1.165, 1.54) is 19.4 Å². The van der Waals surface area contributed by atoms with Crippen molar-refractivity contribution in [2.75, 3.05) is 5.75 Å². The molecule has 0 saturated carbocycles. The van der Waals surface area contributed by atoms with Crippen LogP contribution in [-0.2, 0) is 15.4 Å². The lowest BCUT2D eigenvalue weighted by atomic mass is 9.99. The molecule has 33 heavy (non-hydrogen) atoms. The van der Waals surface area contributed by atoms with E-state index < -0.39 is 50.1 Å². The van der Waals surface area contributed by atoms with Crippen LogP contribution < -0.4 is 5.73 Å². The predicted molar refractivity (Wildman–Crippen MR) is 115 cm³/mol. The molecule has 2 atom stereocenters. The molecule has 1 aromatic carbocycles. The Labute approximate surface area is 190 Å². The van der Waals surface area contributed by atoms with Crippen LogP contribution in [0.5, 0.6) is 0 Å². The predicted octanol–water partition coefficient (Wildman–Crippen LogP) is 4.32. The highest BCUT2D eigenvalue weighted by atomic mass is 32.2. The smallest absolute Gasteiger partial charge is 0.391 e. The Balaban J connectivity index is 1.76. The van der Waals surface area contributed by atoms with Gasteiger partial charge in [-0.1, -0.05) is 12.1 Å². The van der Waals surface area contributed by atoms with Crippen LogP contribution in [0.4, 0.5) is 17.6 Å². The van der Waals surface area contributed by atoms with Gasteiger partial charge in [-0.05, 0) is 37.6 Å². The first-order valence-electron chi connectivity index (χ1n) is 9.56. The standard InChI is InChI=1S/C20H18F4N4O3S2/c1-18(9-33(29,30)19(2,17(25)27-18)8-20(22,23)24)15-13(21)7-14(32-15)11-4-3-5-12(6-11)16-28-26-10-31-16/h3-7,10H,8-9H2,1-2H3,(H2,25,27)/t18-,19+/m0/s1. The van der Waals surface area contributed by atoms with Gasteiger partial charge >= 0.3 is 6.18 Å². The number of benzene rings is 1. The zero-order valence-electron chi connectivity index (χ0n) is 17.4. The van der Waals surface area contributed by atoms with E-state index in [1.807, 2.05) is 0 Å². The Morgan fingerprint density at radius 3 is 2.52 bits per heavy atom. The van der Waals surface area contributed by atoms with Crippen molar-refractivity contribution in [2.45, 2.75) is 36.7 Å². The van der Waals surface area contributed by atoms with E-state index in [4.69, 9.17) is 10.2 Å². The normalized spacial score (nSPS) is 25.1. The van der Waals surface area contributed by atoms with Crippen molar-refractivity contribution in [3.05, 3.63) is 47.4 Å². The number of aromatic nitrogens is 2. The van der Waals surface area contributed by atoms with E-state index in [1.54, 1.807) is 24.3 Å². The highest BCUT2D eigenvalue weighted by molar-refractivity contribution is 7.93. The molecule has 1 aliphatic heterocycles. The van der Waals surface area contributed by atoms with Crippen LogP contribution in [-0.4, -0.2) is 41.1 Å². The fourth-order valence-corrected chi connectivity index (χ4v) is 7.01. The molecule has 0 spiro atoms. The number of aliphatic imine (C=N–C) groups is 1. The lowest BCUT2D eigenvalue weighted by molar-refractivity contribution is -0.137. The third kappa shape index (κ3) is 4.14. The molecular weight excluding hydrogens is 484 g/mol. The molecule has 4 rings (SSSR count). The SMILES string of the molecule is C[C@@]1(c2sc(-c3cccc(-c4nnco4)c3)cc2F)CS(=O)(=O)[C@](C)(CC(F)(F)F)C(N)=N1. The molecule has 2 aromatic heterocycles. The summed E-state index contributed by atoms with van der Waals surface area (Å²) in [6, 6.07) is 8.06. The molecule has 0 radical (unpaired) electrons. The summed E-state index contributed by atoms with van der Waals surface area (Å²) in [6.07, 6.45) is -5.28. The van der Waals surface area contributed by atoms with E-state index in [2.05, 4.69) is 15.2 Å². The summed E-state index contributed by atoms with van der Waals surface area (Å²) in [4.78, 5) is 4.51. The third-order valence-electron chi connectivity index (χ3n) is 5.53. The lowest BCUT2D eigenvalue weighted by Crippen LogP contribution is -2.58. The molecule has 0 saturated heterocycles. The largest absolute Gasteiger partial charge is 0.423 e. The van der Waals surface area contributed by atoms with Crippen LogP contribution in [0.25, 0.3) is 21.9 Å². The number of hydrogen-bond donors (Lipinski definition) is 1. The van der Waals surface area contributed by atoms with Crippen molar-refractivity contribution in [1.82, 2.24) is 10.2 Å². The van der Waals surface area contributed by atoms with Crippen molar-refractivity contribution >= 4 is 27.0 Å². The average Bonchev–Trinajstić information content (AvgIpc) is 3.35. The number of nitrogens with zero attached hydrogens (tertiary/aromatic N) is 3. The Hall–Kier alpha value is -2.80. The van der Waals surface area contributed by atoms with Crippen LogP contribution in [0.2, 0.25) is 0 Å². The van der Waals surface area contributed by atoms with Gasteiger partial charge in [0, 0.05) is 10.4 Å². The van der Waals surface area contributed by atoms with Gasteiger partial charge in [0.25, 0.3) is 0 Å². The summed E-state index contributed by atoms with van der Waals surface area (Å²) in [7, 11) is -4.43. The van der Waals surface area contributed by atoms with E-state index >= 15 is 4.39 Å². The van der Waals surface area contributed by atoms with Crippen molar-refractivity contribution in [2.24, 2.45) is 10.7 Å². The number of sulfone groups is 1. The number of halogens is 4. The minimum absolute atomic E-state index is 0.0405.